The summed E-state index contributed by atoms with van der Waals surface area (Å²) in [7, 11) is 0. The van der Waals surface area contributed by atoms with Gasteiger partial charge >= 0.3 is 0 Å². The van der Waals surface area contributed by atoms with Crippen LogP contribution < -0.4 is 4.74 Å². The number of benzene rings is 3. The van der Waals surface area contributed by atoms with Crippen LogP contribution in [0.1, 0.15) is 42.2 Å². The molecule has 0 fully saturated rings. The first-order valence-electron chi connectivity index (χ1n) is 11.1. The van der Waals surface area contributed by atoms with Crippen molar-refractivity contribution in [3.63, 3.8) is 0 Å². The van der Waals surface area contributed by atoms with E-state index < -0.39 is 6.23 Å². The predicted molar refractivity (Wildman–Crippen MR) is 123 cm³/mol. The van der Waals surface area contributed by atoms with Crippen LogP contribution in [0.3, 0.4) is 0 Å². The predicted octanol–water partition coefficient (Wildman–Crippen LogP) is 3.60. The third-order valence-electron chi connectivity index (χ3n) is 6.33. The Morgan fingerprint density at radius 2 is 1.39 bits per heavy atom. The van der Waals surface area contributed by atoms with E-state index in [1.807, 2.05) is 48.5 Å². The molecule has 1 atom stereocenters. The van der Waals surface area contributed by atoms with E-state index in [0.29, 0.717) is 35.5 Å². The molecule has 5 rings (SSSR count). The Bertz CT molecular complexity index is 1200. The molecule has 33 heavy (non-hydrogen) atoms. The molecule has 2 amide bonds. The van der Waals surface area contributed by atoms with Gasteiger partial charge in [0.15, 0.2) is 6.23 Å². The summed E-state index contributed by atoms with van der Waals surface area (Å²) in [6.45, 7) is 1.33. The number of amides is 2. The number of hydrogen-bond acceptors (Lipinski definition) is 4. The minimum atomic E-state index is -0.651. The van der Waals surface area contributed by atoms with Gasteiger partial charge in [0.05, 0.1) is 6.54 Å². The standard InChI is InChI=1S/C27H24N2O4/c30-18-19-9-11-22(12-10-19)33-25(29-16-14-21-6-2-4-8-24(21)27(29)32)17-28-15-13-20-5-1-3-7-23(20)26(28)31/h1-12,18,25H,13-17H2. The van der Waals surface area contributed by atoms with Crippen molar-refractivity contribution in [2.45, 2.75) is 19.1 Å². The molecule has 2 heterocycles. The third-order valence-corrected chi connectivity index (χ3v) is 6.33. The molecule has 6 nitrogen and oxygen atoms in total. The van der Waals surface area contributed by atoms with E-state index in [-0.39, 0.29) is 18.4 Å². The molecule has 3 aromatic rings. The molecule has 0 N–H and O–H groups in total. The van der Waals surface area contributed by atoms with Crippen LogP contribution in [0.4, 0.5) is 0 Å². The first kappa shape index (κ1) is 20.9. The Morgan fingerprint density at radius 3 is 2.06 bits per heavy atom. The highest BCUT2D eigenvalue weighted by Gasteiger charge is 2.34. The highest BCUT2D eigenvalue weighted by atomic mass is 16.5. The lowest BCUT2D eigenvalue weighted by molar-refractivity contribution is 0.00145. The molecule has 3 aromatic carbocycles. The summed E-state index contributed by atoms with van der Waals surface area (Å²) in [4.78, 5) is 41.0. The molecule has 0 aromatic heterocycles. The van der Waals surface area contributed by atoms with E-state index in [2.05, 4.69) is 0 Å². The van der Waals surface area contributed by atoms with Crippen LogP contribution in [0.15, 0.2) is 72.8 Å². The molecule has 2 aliphatic rings. The zero-order chi connectivity index (χ0) is 22.8. The van der Waals surface area contributed by atoms with Gasteiger partial charge in [-0.15, -0.1) is 0 Å². The molecular weight excluding hydrogens is 416 g/mol. The fourth-order valence-corrected chi connectivity index (χ4v) is 4.54. The Balaban J connectivity index is 1.43. The largest absolute Gasteiger partial charge is 0.469 e. The van der Waals surface area contributed by atoms with E-state index in [0.717, 1.165) is 30.3 Å². The fraction of sp³-hybridized carbons (Fsp3) is 0.222. The number of aldehydes is 1. The van der Waals surface area contributed by atoms with Crippen molar-refractivity contribution in [1.29, 1.82) is 0 Å². The minimum absolute atomic E-state index is 0.0494. The monoisotopic (exact) mass is 440 g/mol. The molecule has 0 radical (unpaired) electrons. The summed E-state index contributed by atoms with van der Waals surface area (Å²) in [5, 5.41) is 0. The van der Waals surface area contributed by atoms with Gasteiger partial charge in [0.1, 0.15) is 12.0 Å². The van der Waals surface area contributed by atoms with Crippen molar-refractivity contribution in [1.82, 2.24) is 9.80 Å². The lowest BCUT2D eigenvalue weighted by atomic mass is 9.98. The zero-order valence-electron chi connectivity index (χ0n) is 18.1. The molecule has 0 bridgehead atoms. The van der Waals surface area contributed by atoms with Crippen LogP contribution in [0.2, 0.25) is 0 Å². The van der Waals surface area contributed by atoms with Crippen LogP contribution in [0, 0.1) is 0 Å². The molecular formula is C27H24N2O4. The van der Waals surface area contributed by atoms with Gasteiger partial charge in [0, 0.05) is 29.8 Å². The summed E-state index contributed by atoms with van der Waals surface area (Å²) in [5.41, 5.74) is 3.99. The summed E-state index contributed by atoms with van der Waals surface area (Å²) in [6.07, 6.45) is 1.61. The second-order valence-electron chi connectivity index (χ2n) is 8.32. The number of nitrogens with zero attached hydrogens (tertiary/aromatic N) is 2. The van der Waals surface area contributed by atoms with Crippen molar-refractivity contribution >= 4 is 18.1 Å². The first-order valence-corrected chi connectivity index (χ1v) is 11.1. The number of carbonyl (C=O) groups excluding carboxylic acids is 3. The number of hydrogen-bond donors (Lipinski definition) is 0. The van der Waals surface area contributed by atoms with Gasteiger partial charge < -0.3 is 14.5 Å². The lowest BCUT2D eigenvalue weighted by Crippen LogP contribution is -2.54. The van der Waals surface area contributed by atoms with Crippen LogP contribution in [0.25, 0.3) is 0 Å². The maximum absolute atomic E-state index is 13.4. The van der Waals surface area contributed by atoms with E-state index in [4.69, 9.17) is 4.74 Å². The van der Waals surface area contributed by atoms with Crippen molar-refractivity contribution in [2.24, 2.45) is 0 Å². The SMILES string of the molecule is O=Cc1ccc(OC(CN2CCc3ccccc3C2=O)N2CCc3ccccc3C2=O)cc1. The summed E-state index contributed by atoms with van der Waals surface area (Å²) >= 11 is 0. The average Bonchev–Trinajstić information content (AvgIpc) is 2.86. The van der Waals surface area contributed by atoms with Crippen molar-refractivity contribution in [3.8, 4) is 5.75 Å². The van der Waals surface area contributed by atoms with Gasteiger partial charge in [-0.3, -0.25) is 14.4 Å². The lowest BCUT2D eigenvalue weighted by Gasteiger charge is -2.39. The number of carbonyl (C=O) groups is 3. The topological polar surface area (TPSA) is 66.9 Å². The van der Waals surface area contributed by atoms with Crippen molar-refractivity contribution < 1.29 is 19.1 Å². The van der Waals surface area contributed by atoms with Crippen LogP contribution in [-0.4, -0.2) is 53.8 Å². The van der Waals surface area contributed by atoms with E-state index in [1.54, 1.807) is 34.1 Å². The van der Waals surface area contributed by atoms with Gasteiger partial charge in [0.25, 0.3) is 11.8 Å². The normalized spacial score (nSPS) is 16.1. The summed E-state index contributed by atoms with van der Waals surface area (Å²) in [6, 6.07) is 22.0. The quantitative estimate of drug-likeness (QED) is 0.550. The number of ether oxygens (including phenoxy) is 1. The number of rotatable bonds is 6. The van der Waals surface area contributed by atoms with Gasteiger partial charge in [-0.25, -0.2) is 0 Å². The summed E-state index contributed by atoms with van der Waals surface area (Å²) in [5.74, 6) is 0.393. The Kier molecular flexibility index (Phi) is 5.65. The van der Waals surface area contributed by atoms with Crippen molar-refractivity contribution in [2.75, 3.05) is 19.6 Å². The zero-order valence-corrected chi connectivity index (χ0v) is 18.1. The summed E-state index contributed by atoms with van der Waals surface area (Å²) < 4.78 is 6.27. The van der Waals surface area contributed by atoms with E-state index in [9.17, 15) is 14.4 Å². The second kappa shape index (κ2) is 8.90. The van der Waals surface area contributed by atoms with Gasteiger partial charge in [-0.05, 0) is 60.4 Å². The van der Waals surface area contributed by atoms with Crippen LogP contribution in [-0.2, 0) is 12.8 Å². The number of fused-ring (bicyclic) bond motifs is 2. The molecule has 0 spiro atoms. The molecule has 2 aliphatic heterocycles. The highest BCUT2D eigenvalue weighted by Crippen LogP contribution is 2.25. The first-order chi connectivity index (χ1) is 16.1. The third kappa shape index (κ3) is 4.12. The Hall–Kier alpha value is -3.93. The minimum Gasteiger partial charge on any atom is -0.469 e. The fourth-order valence-electron chi connectivity index (χ4n) is 4.54. The highest BCUT2D eigenvalue weighted by molar-refractivity contribution is 5.98. The molecule has 1 unspecified atom stereocenters. The van der Waals surface area contributed by atoms with Crippen LogP contribution in [0.5, 0.6) is 5.75 Å². The average molecular weight is 440 g/mol. The Labute approximate surface area is 192 Å². The van der Waals surface area contributed by atoms with Gasteiger partial charge in [-0.2, -0.15) is 0 Å². The smallest absolute Gasteiger partial charge is 0.257 e. The second-order valence-corrected chi connectivity index (χ2v) is 8.32. The maximum Gasteiger partial charge on any atom is 0.257 e. The van der Waals surface area contributed by atoms with Gasteiger partial charge in [-0.1, -0.05) is 36.4 Å². The molecule has 0 aliphatic carbocycles. The van der Waals surface area contributed by atoms with E-state index >= 15 is 0 Å². The van der Waals surface area contributed by atoms with Gasteiger partial charge in [0.2, 0.25) is 0 Å². The van der Waals surface area contributed by atoms with Crippen LogP contribution >= 0.6 is 0 Å². The molecule has 0 saturated carbocycles. The van der Waals surface area contributed by atoms with E-state index in [1.165, 1.54) is 0 Å². The Morgan fingerprint density at radius 1 is 0.788 bits per heavy atom. The molecule has 166 valence electrons. The molecule has 0 saturated heterocycles. The van der Waals surface area contributed by atoms with Crippen molar-refractivity contribution in [3.05, 3.63) is 101 Å². The maximum atomic E-state index is 13.4. The molecule has 6 heteroatoms.